The number of hydrogen-bond donors (Lipinski definition) is 1. The zero-order chi connectivity index (χ0) is 15.6. The maximum Gasteiger partial charge on any atom is 0.356 e. The van der Waals surface area contributed by atoms with Gasteiger partial charge in [0.05, 0.1) is 23.7 Å². The summed E-state index contributed by atoms with van der Waals surface area (Å²) in [6, 6.07) is 2.51. The normalized spacial score (nSPS) is 24.6. The van der Waals surface area contributed by atoms with Crippen LogP contribution in [0.15, 0.2) is 12.1 Å². The van der Waals surface area contributed by atoms with Crippen LogP contribution in [-0.4, -0.2) is 41.2 Å². The van der Waals surface area contributed by atoms with Crippen molar-refractivity contribution < 1.29 is 19.2 Å². The molecule has 1 aliphatic rings. The molecule has 8 heteroatoms. The fraction of sp³-hybridized carbons (Fsp3) is 0.538. The minimum Gasteiger partial charge on any atom is -0.464 e. The Morgan fingerprint density at radius 2 is 2.33 bits per heavy atom. The molecular weight excluding hydrogens is 278 g/mol. The molecule has 21 heavy (non-hydrogen) atoms. The van der Waals surface area contributed by atoms with Crippen LogP contribution in [0.2, 0.25) is 0 Å². The number of nitrogens with one attached hydrogen (secondary N) is 1. The van der Waals surface area contributed by atoms with Crippen LogP contribution in [-0.2, 0) is 9.47 Å². The summed E-state index contributed by atoms with van der Waals surface area (Å²) >= 11 is 0. The van der Waals surface area contributed by atoms with Crippen LogP contribution in [0.25, 0.3) is 0 Å². The first-order valence-electron chi connectivity index (χ1n) is 6.51. The number of ether oxygens (including phenoxy) is 2. The number of rotatable bonds is 4. The summed E-state index contributed by atoms with van der Waals surface area (Å²) in [6.07, 6.45) is 0.566. The summed E-state index contributed by atoms with van der Waals surface area (Å²) in [7, 11) is 1.23. The second-order valence-corrected chi connectivity index (χ2v) is 5.12. The van der Waals surface area contributed by atoms with Gasteiger partial charge in [0.1, 0.15) is 0 Å². The lowest BCUT2D eigenvalue weighted by Crippen LogP contribution is -2.41. The van der Waals surface area contributed by atoms with Gasteiger partial charge in [-0.2, -0.15) is 0 Å². The van der Waals surface area contributed by atoms with E-state index in [9.17, 15) is 14.9 Å². The van der Waals surface area contributed by atoms with Crippen molar-refractivity contribution in [3.63, 3.8) is 0 Å². The largest absolute Gasteiger partial charge is 0.464 e. The van der Waals surface area contributed by atoms with E-state index in [1.165, 1.54) is 19.2 Å². The van der Waals surface area contributed by atoms with Gasteiger partial charge in [-0.3, -0.25) is 10.1 Å². The van der Waals surface area contributed by atoms with E-state index in [-0.39, 0.29) is 23.3 Å². The molecule has 1 fully saturated rings. The Hall–Kier alpha value is -2.22. The van der Waals surface area contributed by atoms with Crippen molar-refractivity contribution in [1.82, 2.24) is 4.98 Å². The number of esters is 1. The van der Waals surface area contributed by atoms with Crippen molar-refractivity contribution in [2.75, 3.05) is 19.0 Å². The SMILES string of the molecule is COC(=O)c1ccc([N+](=O)[O-])c(NC2(C)CCOC2C)n1. The predicted octanol–water partition coefficient (Wildman–Crippen LogP) is 1.76. The summed E-state index contributed by atoms with van der Waals surface area (Å²) in [5.74, 6) is -0.600. The molecule has 2 rings (SSSR count). The van der Waals surface area contributed by atoms with Crippen molar-refractivity contribution in [1.29, 1.82) is 0 Å². The van der Waals surface area contributed by atoms with E-state index in [2.05, 4.69) is 15.0 Å². The molecule has 0 amide bonds. The van der Waals surface area contributed by atoms with Crippen LogP contribution in [0.1, 0.15) is 30.8 Å². The Bertz CT molecular complexity index is 577. The van der Waals surface area contributed by atoms with E-state index in [0.29, 0.717) is 13.0 Å². The topological polar surface area (TPSA) is 104 Å². The van der Waals surface area contributed by atoms with Crippen LogP contribution >= 0.6 is 0 Å². The molecule has 0 saturated carbocycles. The number of pyridine rings is 1. The summed E-state index contributed by atoms with van der Waals surface area (Å²) < 4.78 is 10.1. The minimum atomic E-state index is -0.645. The highest BCUT2D eigenvalue weighted by Gasteiger charge is 2.39. The molecule has 2 atom stereocenters. The molecule has 1 aliphatic heterocycles. The number of hydrogen-bond acceptors (Lipinski definition) is 7. The van der Waals surface area contributed by atoms with Gasteiger partial charge in [0.25, 0.3) is 0 Å². The number of nitrogens with zero attached hydrogens (tertiary/aromatic N) is 2. The van der Waals surface area contributed by atoms with E-state index < -0.39 is 16.4 Å². The summed E-state index contributed by atoms with van der Waals surface area (Å²) in [5.41, 5.74) is -0.657. The molecule has 2 unspecified atom stereocenters. The van der Waals surface area contributed by atoms with Gasteiger partial charge in [-0.1, -0.05) is 0 Å². The number of anilines is 1. The number of carbonyl (C=O) groups is 1. The first-order chi connectivity index (χ1) is 9.87. The lowest BCUT2D eigenvalue weighted by atomic mass is 9.94. The van der Waals surface area contributed by atoms with E-state index in [0.717, 1.165) is 0 Å². The molecule has 0 radical (unpaired) electrons. The summed E-state index contributed by atoms with van der Waals surface area (Å²) in [4.78, 5) is 26.1. The van der Waals surface area contributed by atoms with E-state index in [1.807, 2.05) is 13.8 Å². The molecule has 2 heterocycles. The van der Waals surface area contributed by atoms with Gasteiger partial charge in [0.15, 0.2) is 5.69 Å². The van der Waals surface area contributed by atoms with E-state index in [1.54, 1.807) is 0 Å². The van der Waals surface area contributed by atoms with Gasteiger partial charge in [0.2, 0.25) is 5.82 Å². The van der Waals surface area contributed by atoms with Crippen LogP contribution < -0.4 is 5.32 Å². The smallest absolute Gasteiger partial charge is 0.356 e. The fourth-order valence-corrected chi connectivity index (χ4v) is 2.18. The lowest BCUT2D eigenvalue weighted by Gasteiger charge is -2.29. The average molecular weight is 295 g/mol. The third kappa shape index (κ3) is 2.94. The highest BCUT2D eigenvalue weighted by atomic mass is 16.6. The zero-order valence-corrected chi connectivity index (χ0v) is 12.1. The first kappa shape index (κ1) is 15.2. The Balaban J connectivity index is 2.39. The molecule has 1 N–H and O–H groups in total. The minimum absolute atomic E-state index is 0.0146. The molecule has 1 aromatic rings. The Kier molecular flexibility index (Phi) is 4.08. The Morgan fingerprint density at radius 3 is 2.86 bits per heavy atom. The molecular formula is C13H17N3O5. The lowest BCUT2D eigenvalue weighted by molar-refractivity contribution is -0.384. The van der Waals surface area contributed by atoms with Gasteiger partial charge < -0.3 is 14.8 Å². The van der Waals surface area contributed by atoms with Crippen molar-refractivity contribution in [2.45, 2.75) is 31.9 Å². The van der Waals surface area contributed by atoms with Gasteiger partial charge in [-0.05, 0) is 26.3 Å². The van der Waals surface area contributed by atoms with Crippen molar-refractivity contribution in [3.8, 4) is 0 Å². The standard InChI is InChI=1S/C13H17N3O5/c1-8-13(2,6-7-21-8)15-11-10(16(18)19)5-4-9(14-11)12(17)20-3/h4-5,8H,6-7H2,1-3H3,(H,14,15). The highest BCUT2D eigenvalue weighted by molar-refractivity contribution is 5.88. The monoisotopic (exact) mass is 295 g/mol. The molecule has 1 saturated heterocycles. The van der Waals surface area contributed by atoms with Crippen LogP contribution in [0.5, 0.6) is 0 Å². The predicted molar refractivity (Wildman–Crippen MR) is 74.3 cm³/mol. The third-order valence-electron chi connectivity index (χ3n) is 3.76. The molecule has 0 spiro atoms. The highest BCUT2D eigenvalue weighted by Crippen LogP contribution is 2.32. The zero-order valence-electron chi connectivity index (χ0n) is 12.1. The van der Waals surface area contributed by atoms with E-state index >= 15 is 0 Å². The van der Waals surface area contributed by atoms with E-state index in [4.69, 9.17) is 4.74 Å². The number of nitro groups is 1. The fourth-order valence-electron chi connectivity index (χ4n) is 2.18. The van der Waals surface area contributed by atoms with Gasteiger partial charge in [0, 0.05) is 12.7 Å². The molecule has 114 valence electrons. The third-order valence-corrected chi connectivity index (χ3v) is 3.76. The summed E-state index contributed by atoms with van der Waals surface area (Å²) in [5, 5.41) is 14.2. The summed E-state index contributed by atoms with van der Waals surface area (Å²) in [6.45, 7) is 4.35. The van der Waals surface area contributed by atoms with Gasteiger partial charge in [-0.15, -0.1) is 0 Å². The Labute approximate surface area is 121 Å². The maximum atomic E-state index is 11.5. The molecule has 1 aromatic heterocycles. The number of carbonyl (C=O) groups excluding carboxylic acids is 1. The second kappa shape index (κ2) is 5.65. The first-order valence-corrected chi connectivity index (χ1v) is 6.51. The van der Waals surface area contributed by atoms with Gasteiger partial charge >= 0.3 is 11.7 Å². The van der Waals surface area contributed by atoms with Gasteiger partial charge in [-0.25, -0.2) is 9.78 Å². The average Bonchev–Trinajstić information content (AvgIpc) is 2.77. The molecule has 0 bridgehead atoms. The van der Waals surface area contributed by atoms with Crippen molar-refractivity contribution in [2.24, 2.45) is 0 Å². The van der Waals surface area contributed by atoms with Crippen LogP contribution in [0.3, 0.4) is 0 Å². The van der Waals surface area contributed by atoms with Crippen LogP contribution in [0, 0.1) is 10.1 Å². The van der Waals surface area contributed by atoms with Crippen LogP contribution in [0.4, 0.5) is 11.5 Å². The quantitative estimate of drug-likeness (QED) is 0.512. The van der Waals surface area contributed by atoms with Crippen molar-refractivity contribution in [3.05, 3.63) is 27.9 Å². The Morgan fingerprint density at radius 1 is 1.62 bits per heavy atom. The molecule has 0 aromatic carbocycles. The maximum absolute atomic E-state index is 11.5. The second-order valence-electron chi connectivity index (χ2n) is 5.12. The number of methoxy groups -OCH3 is 1. The molecule has 8 nitrogen and oxygen atoms in total. The molecule has 0 aliphatic carbocycles. The number of aromatic nitrogens is 1. The van der Waals surface area contributed by atoms with Crippen molar-refractivity contribution >= 4 is 17.5 Å².